The fourth-order valence-electron chi connectivity index (χ4n) is 2.93. The first-order valence-electron chi connectivity index (χ1n) is 8.61. The van der Waals surface area contributed by atoms with Gasteiger partial charge in [-0.25, -0.2) is 0 Å². The van der Waals surface area contributed by atoms with E-state index in [1.54, 1.807) is 43.3 Å². The van der Waals surface area contributed by atoms with Gasteiger partial charge in [-0.15, -0.1) is 0 Å². The Morgan fingerprint density at radius 2 is 1.89 bits per heavy atom. The summed E-state index contributed by atoms with van der Waals surface area (Å²) in [7, 11) is 0. The summed E-state index contributed by atoms with van der Waals surface area (Å²) in [4.78, 5) is 26.2. The smallest absolute Gasteiger partial charge is 0.271 e. The minimum atomic E-state index is -0.556. The normalized spacial score (nSPS) is 16.1. The van der Waals surface area contributed by atoms with Crippen LogP contribution in [0.3, 0.4) is 0 Å². The van der Waals surface area contributed by atoms with Crippen molar-refractivity contribution >= 4 is 41.1 Å². The molecule has 2 amide bonds. The van der Waals surface area contributed by atoms with Gasteiger partial charge in [0.1, 0.15) is 23.2 Å². The maximum atomic E-state index is 12.8. The molecule has 0 spiro atoms. The van der Waals surface area contributed by atoms with Crippen molar-refractivity contribution in [1.29, 1.82) is 5.26 Å². The fourth-order valence-corrected chi connectivity index (χ4v) is 3.23. The number of carbonyl (C=O) groups is 2. The number of nitrogens with zero attached hydrogens (tertiary/aromatic N) is 2. The van der Waals surface area contributed by atoms with Gasteiger partial charge >= 0.3 is 0 Å². The molecule has 0 saturated carbocycles. The summed E-state index contributed by atoms with van der Waals surface area (Å²) in [6, 6.07) is 10.5. The number of imide groups is 1. The fraction of sp³-hybridized carbons (Fsp3) is 0.190. The quantitative estimate of drug-likeness (QED) is 0.505. The molecular weight excluding hydrogens is 399 g/mol. The summed E-state index contributed by atoms with van der Waals surface area (Å²) in [5.41, 5.74) is 1.31. The number of carbonyl (C=O) groups excluding carboxylic acids is 2. The lowest BCUT2D eigenvalue weighted by Gasteiger charge is -2.26. The van der Waals surface area contributed by atoms with Crippen molar-refractivity contribution in [3.8, 4) is 17.4 Å². The van der Waals surface area contributed by atoms with E-state index < -0.39 is 11.8 Å². The second-order valence-electron chi connectivity index (χ2n) is 6.26. The lowest BCUT2D eigenvalue weighted by atomic mass is 9.94. The topological polar surface area (TPSA) is 74.3 Å². The summed E-state index contributed by atoms with van der Waals surface area (Å²) < 4.78 is 5.82. The second-order valence-corrected chi connectivity index (χ2v) is 7.08. The average Bonchev–Trinajstić information content (AvgIpc) is 3.14. The minimum absolute atomic E-state index is 0.0319. The Hall–Kier alpha value is -2.81. The van der Waals surface area contributed by atoms with Crippen molar-refractivity contribution in [2.45, 2.75) is 20.3 Å². The van der Waals surface area contributed by atoms with E-state index in [0.717, 1.165) is 10.5 Å². The molecule has 0 bridgehead atoms. The number of hydrogen-bond donors (Lipinski definition) is 0. The first-order chi connectivity index (χ1) is 13.4. The van der Waals surface area contributed by atoms with Gasteiger partial charge in [0.05, 0.1) is 10.0 Å². The van der Waals surface area contributed by atoms with Gasteiger partial charge in [0.15, 0.2) is 0 Å². The summed E-state index contributed by atoms with van der Waals surface area (Å²) >= 11 is 12.0. The number of furan rings is 1. The van der Waals surface area contributed by atoms with Crippen LogP contribution in [0.5, 0.6) is 0 Å². The predicted octanol–water partition coefficient (Wildman–Crippen LogP) is 5.26. The average molecular weight is 415 g/mol. The van der Waals surface area contributed by atoms with Crippen molar-refractivity contribution < 1.29 is 14.0 Å². The zero-order chi connectivity index (χ0) is 20.4. The Morgan fingerprint density at radius 3 is 2.54 bits per heavy atom. The van der Waals surface area contributed by atoms with Crippen LogP contribution >= 0.6 is 23.2 Å². The van der Waals surface area contributed by atoms with Crippen LogP contribution in [-0.2, 0) is 9.59 Å². The Labute approximate surface area is 172 Å². The van der Waals surface area contributed by atoms with Gasteiger partial charge in [-0.2, -0.15) is 5.26 Å². The van der Waals surface area contributed by atoms with E-state index in [4.69, 9.17) is 27.6 Å². The third kappa shape index (κ3) is 3.62. The molecule has 0 fully saturated rings. The number of hydrogen-bond acceptors (Lipinski definition) is 4. The maximum absolute atomic E-state index is 12.8. The molecule has 2 aromatic rings. The molecule has 7 heteroatoms. The Kier molecular flexibility index (Phi) is 5.73. The maximum Gasteiger partial charge on any atom is 0.271 e. The first-order valence-corrected chi connectivity index (χ1v) is 9.37. The number of nitriles is 1. The van der Waals surface area contributed by atoms with Gasteiger partial charge in [0, 0.05) is 17.7 Å². The van der Waals surface area contributed by atoms with Crippen LogP contribution in [-0.4, -0.2) is 23.3 Å². The number of halogens is 2. The van der Waals surface area contributed by atoms with Crippen LogP contribution in [0.2, 0.25) is 10.0 Å². The lowest BCUT2D eigenvalue weighted by Crippen LogP contribution is -2.43. The highest BCUT2D eigenvalue weighted by molar-refractivity contribution is 6.42. The molecule has 1 aliphatic rings. The van der Waals surface area contributed by atoms with E-state index in [1.165, 1.54) is 0 Å². The molecule has 1 aliphatic heterocycles. The first kappa shape index (κ1) is 19.9. The zero-order valence-electron chi connectivity index (χ0n) is 15.3. The zero-order valence-corrected chi connectivity index (χ0v) is 16.8. The van der Waals surface area contributed by atoms with E-state index in [1.807, 2.05) is 13.0 Å². The highest BCUT2D eigenvalue weighted by Crippen LogP contribution is 2.31. The van der Waals surface area contributed by atoms with Crippen LogP contribution in [0.15, 0.2) is 51.5 Å². The van der Waals surface area contributed by atoms with Crippen molar-refractivity contribution in [1.82, 2.24) is 4.90 Å². The summed E-state index contributed by atoms with van der Waals surface area (Å²) in [6.45, 7) is 3.70. The van der Waals surface area contributed by atoms with E-state index in [-0.39, 0.29) is 17.7 Å². The predicted molar refractivity (Wildman–Crippen MR) is 107 cm³/mol. The number of amides is 2. The SMILES string of the molecule is CCCN1C(=O)C(C#N)=C(C)/C(=C\c2ccc(-c3ccc(Cl)c(Cl)c3)o2)C1=O. The van der Waals surface area contributed by atoms with Crippen LogP contribution < -0.4 is 0 Å². The summed E-state index contributed by atoms with van der Waals surface area (Å²) in [5, 5.41) is 10.2. The van der Waals surface area contributed by atoms with Crippen molar-refractivity contribution in [3.05, 3.63) is 62.9 Å². The molecule has 142 valence electrons. The number of rotatable bonds is 4. The highest BCUT2D eigenvalue weighted by atomic mass is 35.5. The van der Waals surface area contributed by atoms with Gasteiger partial charge in [-0.1, -0.05) is 30.1 Å². The largest absolute Gasteiger partial charge is 0.457 e. The van der Waals surface area contributed by atoms with Crippen LogP contribution in [0.1, 0.15) is 26.0 Å². The third-order valence-electron chi connectivity index (χ3n) is 4.39. The van der Waals surface area contributed by atoms with Gasteiger partial charge in [0.2, 0.25) is 0 Å². The van der Waals surface area contributed by atoms with Crippen LogP contribution in [0.4, 0.5) is 0 Å². The second kappa shape index (κ2) is 8.05. The van der Waals surface area contributed by atoms with E-state index in [2.05, 4.69) is 0 Å². The molecule has 0 radical (unpaired) electrons. The molecule has 0 saturated heterocycles. The van der Waals surface area contributed by atoms with Crippen LogP contribution in [0, 0.1) is 11.3 Å². The van der Waals surface area contributed by atoms with E-state index in [0.29, 0.717) is 33.6 Å². The van der Waals surface area contributed by atoms with E-state index >= 15 is 0 Å². The van der Waals surface area contributed by atoms with Crippen molar-refractivity contribution in [3.63, 3.8) is 0 Å². The molecular formula is C21H16Cl2N2O3. The number of benzene rings is 1. The van der Waals surface area contributed by atoms with Gasteiger partial charge < -0.3 is 4.42 Å². The summed E-state index contributed by atoms with van der Waals surface area (Å²) in [5.74, 6) is -0.0139. The Balaban J connectivity index is 2.02. The molecule has 3 rings (SSSR count). The lowest BCUT2D eigenvalue weighted by molar-refractivity contribution is -0.140. The van der Waals surface area contributed by atoms with Crippen LogP contribution in [0.25, 0.3) is 17.4 Å². The summed E-state index contributed by atoms with van der Waals surface area (Å²) in [6.07, 6.45) is 2.15. The highest BCUT2D eigenvalue weighted by Gasteiger charge is 2.35. The van der Waals surface area contributed by atoms with Gasteiger partial charge in [-0.05, 0) is 55.3 Å². The molecule has 0 aliphatic carbocycles. The Bertz CT molecular complexity index is 1070. The van der Waals surface area contributed by atoms with Gasteiger partial charge in [0.25, 0.3) is 11.8 Å². The Morgan fingerprint density at radius 1 is 1.14 bits per heavy atom. The van der Waals surface area contributed by atoms with E-state index in [9.17, 15) is 14.9 Å². The molecule has 28 heavy (non-hydrogen) atoms. The molecule has 2 heterocycles. The molecule has 0 unspecified atom stereocenters. The van der Waals surface area contributed by atoms with Crippen molar-refractivity contribution in [2.24, 2.45) is 0 Å². The molecule has 0 N–H and O–H groups in total. The third-order valence-corrected chi connectivity index (χ3v) is 5.13. The monoisotopic (exact) mass is 414 g/mol. The standard InChI is InChI=1S/C21H16Cl2N2O3/c1-3-8-25-20(26)15(12(2)16(11-24)21(25)27)10-14-5-7-19(28-14)13-4-6-17(22)18(23)9-13/h4-7,9-10H,3,8H2,1-2H3/b15-10+. The minimum Gasteiger partial charge on any atom is -0.457 e. The molecule has 0 atom stereocenters. The van der Waals surface area contributed by atoms with Gasteiger partial charge in [-0.3, -0.25) is 14.5 Å². The molecule has 1 aromatic heterocycles. The van der Waals surface area contributed by atoms with Crippen molar-refractivity contribution in [2.75, 3.05) is 6.54 Å². The molecule has 5 nitrogen and oxygen atoms in total. The molecule has 1 aromatic carbocycles.